The quantitative estimate of drug-likeness (QED) is 0.392. The number of benzene rings is 1. The summed E-state index contributed by atoms with van der Waals surface area (Å²) in [6.45, 7) is 0.580. The van der Waals surface area contributed by atoms with E-state index in [0.29, 0.717) is 23.6 Å². The Kier molecular flexibility index (Phi) is 4.17. The second-order valence-corrected chi connectivity index (χ2v) is 4.33. The highest BCUT2D eigenvalue weighted by molar-refractivity contribution is 6.30. The second-order valence-electron chi connectivity index (χ2n) is 3.90. The molecule has 1 saturated heterocycles. The van der Waals surface area contributed by atoms with Crippen molar-refractivity contribution in [3.05, 3.63) is 34.9 Å². The lowest BCUT2D eigenvalue weighted by atomic mass is 10.2. The molecule has 0 spiro atoms. The van der Waals surface area contributed by atoms with Crippen molar-refractivity contribution < 1.29 is 14.4 Å². The first-order valence-electron chi connectivity index (χ1n) is 5.58. The van der Waals surface area contributed by atoms with Crippen LogP contribution in [0.4, 0.5) is 0 Å². The number of rotatable bonds is 3. The molecular formula is C12H13ClN2O3. The third kappa shape index (κ3) is 3.21. The molecule has 6 heteroatoms. The Balaban J connectivity index is 1.95. The van der Waals surface area contributed by atoms with Crippen molar-refractivity contribution in [3.8, 4) is 0 Å². The fourth-order valence-corrected chi connectivity index (χ4v) is 1.72. The van der Waals surface area contributed by atoms with Crippen molar-refractivity contribution >= 4 is 23.4 Å². The number of carbonyl (C=O) groups is 1. The number of carbonyl (C=O) groups excluding carboxylic acids is 1. The average molecular weight is 269 g/mol. The molecule has 1 heterocycles. The molecule has 1 atom stereocenters. The van der Waals surface area contributed by atoms with Crippen LogP contribution in [0.25, 0.3) is 0 Å². The van der Waals surface area contributed by atoms with Gasteiger partial charge in [-0.2, -0.15) is 0 Å². The van der Waals surface area contributed by atoms with Crippen LogP contribution >= 0.6 is 11.6 Å². The van der Waals surface area contributed by atoms with Crippen LogP contribution in [0.5, 0.6) is 0 Å². The highest BCUT2D eigenvalue weighted by Crippen LogP contribution is 2.14. The molecule has 96 valence electrons. The smallest absolute Gasteiger partial charge is 0.363 e. The van der Waals surface area contributed by atoms with Crippen molar-refractivity contribution in [3.63, 3.8) is 0 Å². The summed E-state index contributed by atoms with van der Waals surface area (Å²) in [5, 5.41) is 4.19. The van der Waals surface area contributed by atoms with E-state index in [1.54, 1.807) is 24.3 Å². The number of nitrogens with zero attached hydrogens (tertiary/aromatic N) is 1. The summed E-state index contributed by atoms with van der Waals surface area (Å²) in [7, 11) is 0. The average Bonchev–Trinajstić information content (AvgIpc) is 2.90. The minimum Gasteiger partial charge on any atom is -0.380 e. The third-order valence-corrected chi connectivity index (χ3v) is 2.82. The van der Waals surface area contributed by atoms with E-state index in [1.165, 1.54) is 0 Å². The first kappa shape index (κ1) is 12.9. The minimum atomic E-state index is -0.522. The molecule has 0 aromatic heterocycles. The van der Waals surface area contributed by atoms with Gasteiger partial charge in [-0.25, -0.2) is 4.79 Å². The van der Waals surface area contributed by atoms with Gasteiger partial charge in [0.2, 0.25) is 0 Å². The molecule has 5 nitrogen and oxygen atoms in total. The molecule has 1 fully saturated rings. The fraction of sp³-hybridized carbons (Fsp3) is 0.333. The van der Waals surface area contributed by atoms with E-state index in [4.69, 9.17) is 26.9 Å². The van der Waals surface area contributed by atoms with Gasteiger partial charge in [0.25, 0.3) is 0 Å². The number of oxime groups is 1. The molecule has 0 amide bonds. The van der Waals surface area contributed by atoms with Crippen LogP contribution < -0.4 is 5.73 Å². The Morgan fingerprint density at radius 1 is 1.44 bits per heavy atom. The summed E-state index contributed by atoms with van der Waals surface area (Å²) in [5.41, 5.74) is 6.32. The van der Waals surface area contributed by atoms with Gasteiger partial charge in [0.05, 0.1) is 0 Å². The lowest BCUT2D eigenvalue weighted by Gasteiger charge is -2.05. The van der Waals surface area contributed by atoms with E-state index >= 15 is 0 Å². The molecule has 1 aromatic carbocycles. The van der Waals surface area contributed by atoms with E-state index in [-0.39, 0.29) is 5.84 Å². The standard InChI is InChI=1S/C12H13ClN2O3/c13-9-5-3-8(4-6-9)11(14)15-18-12(16)10-2-1-7-17-10/h3-6,10H,1-2,7H2,(H2,14,15)/t10-/m1/s1. The van der Waals surface area contributed by atoms with E-state index in [2.05, 4.69) is 5.16 Å². The topological polar surface area (TPSA) is 73.9 Å². The van der Waals surface area contributed by atoms with Gasteiger partial charge in [-0.15, -0.1) is 0 Å². The summed E-state index contributed by atoms with van der Waals surface area (Å²) in [6, 6.07) is 6.75. The van der Waals surface area contributed by atoms with Gasteiger partial charge in [0.15, 0.2) is 11.9 Å². The lowest BCUT2D eigenvalue weighted by Crippen LogP contribution is -2.22. The fourth-order valence-electron chi connectivity index (χ4n) is 1.59. The van der Waals surface area contributed by atoms with Crippen LogP contribution in [0, 0.1) is 0 Å². The minimum absolute atomic E-state index is 0.123. The van der Waals surface area contributed by atoms with Gasteiger partial charge < -0.3 is 15.3 Å². The van der Waals surface area contributed by atoms with Gasteiger partial charge in [0.1, 0.15) is 0 Å². The van der Waals surface area contributed by atoms with Gasteiger partial charge in [-0.05, 0) is 37.1 Å². The van der Waals surface area contributed by atoms with Crippen molar-refractivity contribution in [2.24, 2.45) is 10.9 Å². The maximum Gasteiger partial charge on any atom is 0.363 e. The number of hydrogen-bond donors (Lipinski definition) is 1. The Hall–Kier alpha value is -1.59. The second kappa shape index (κ2) is 5.84. The maximum absolute atomic E-state index is 11.5. The number of amidine groups is 1. The van der Waals surface area contributed by atoms with Crippen LogP contribution in [-0.4, -0.2) is 24.5 Å². The highest BCUT2D eigenvalue weighted by atomic mass is 35.5. The zero-order valence-corrected chi connectivity index (χ0v) is 10.4. The largest absolute Gasteiger partial charge is 0.380 e. The molecule has 0 saturated carbocycles. The lowest BCUT2D eigenvalue weighted by molar-refractivity contribution is -0.154. The van der Waals surface area contributed by atoms with Gasteiger partial charge >= 0.3 is 5.97 Å². The van der Waals surface area contributed by atoms with Crippen LogP contribution in [0.1, 0.15) is 18.4 Å². The molecule has 2 rings (SSSR count). The predicted octanol–water partition coefficient (Wildman–Crippen LogP) is 1.68. The van der Waals surface area contributed by atoms with Gasteiger partial charge in [-0.1, -0.05) is 16.8 Å². The van der Waals surface area contributed by atoms with E-state index in [9.17, 15) is 4.79 Å². The Morgan fingerprint density at radius 2 is 2.17 bits per heavy atom. The first-order chi connectivity index (χ1) is 8.66. The Bertz CT molecular complexity index is 453. The molecule has 18 heavy (non-hydrogen) atoms. The molecular weight excluding hydrogens is 256 g/mol. The van der Waals surface area contributed by atoms with Crippen LogP contribution in [0.15, 0.2) is 29.4 Å². The summed E-state index contributed by atoms with van der Waals surface area (Å²) in [4.78, 5) is 16.2. The molecule has 1 aromatic rings. The monoisotopic (exact) mass is 268 g/mol. The van der Waals surface area contributed by atoms with Crippen molar-refractivity contribution in [2.75, 3.05) is 6.61 Å². The molecule has 1 aliphatic rings. The van der Waals surface area contributed by atoms with Crippen molar-refractivity contribution in [1.29, 1.82) is 0 Å². The van der Waals surface area contributed by atoms with Crippen LogP contribution in [-0.2, 0) is 14.4 Å². The van der Waals surface area contributed by atoms with E-state index < -0.39 is 12.1 Å². The zero-order chi connectivity index (χ0) is 13.0. The van der Waals surface area contributed by atoms with E-state index in [1.807, 2.05) is 0 Å². The number of ether oxygens (including phenoxy) is 1. The van der Waals surface area contributed by atoms with Gasteiger partial charge in [0, 0.05) is 17.2 Å². The number of halogens is 1. The third-order valence-electron chi connectivity index (χ3n) is 2.57. The van der Waals surface area contributed by atoms with Gasteiger partial charge in [-0.3, -0.25) is 0 Å². The summed E-state index contributed by atoms with van der Waals surface area (Å²) >= 11 is 5.75. The maximum atomic E-state index is 11.5. The molecule has 0 bridgehead atoms. The van der Waals surface area contributed by atoms with Crippen molar-refractivity contribution in [1.82, 2.24) is 0 Å². The van der Waals surface area contributed by atoms with Crippen LogP contribution in [0.3, 0.4) is 0 Å². The molecule has 0 aliphatic carbocycles. The molecule has 1 aliphatic heterocycles. The summed E-state index contributed by atoms with van der Waals surface area (Å²) in [6.07, 6.45) is 0.998. The molecule has 2 N–H and O–H groups in total. The van der Waals surface area contributed by atoms with E-state index in [0.717, 1.165) is 6.42 Å². The number of nitrogens with two attached hydrogens (primary N) is 1. The zero-order valence-electron chi connectivity index (χ0n) is 9.64. The number of hydrogen-bond acceptors (Lipinski definition) is 4. The molecule has 0 unspecified atom stereocenters. The Morgan fingerprint density at radius 3 is 2.78 bits per heavy atom. The Labute approximate surface area is 109 Å². The SMILES string of the molecule is N/C(=N/OC(=O)[C@H]1CCCO1)c1ccc(Cl)cc1. The first-order valence-corrected chi connectivity index (χ1v) is 5.96. The summed E-state index contributed by atoms with van der Waals surface area (Å²) in [5.74, 6) is -0.387. The normalized spacial score (nSPS) is 19.8. The van der Waals surface area contributed by atoms with Crippen molar-refractivity contribution in [2.45, 2.75) is 18.9 Å². The highest BCUT2D eigenvalue weighted by Gasteiger charge is 2.25. The van der Waals surface area contributed by atoms with Crippen LogP contribution in [0.2, 0.25) is 5.02 Å². The molecule has 0 radical (unpaired) electrons. The summed E-state index contributed by atoms with van der Waals surface area (Å²) < 4.78 is 5.17. The predicted molar refractivity (Wildman–Crippen MR) is 67.2 cm³/mol.